The molecule has 0 aromatic rings. The molecule has 0 fully saturated rings. The lowest BCUT2D eigenvalue weighted by molar-refractivity contribution is -0.890. The van der Waals surface area contributed by atoms with E-state index in [1.807, 2.05) is 0 Å². The number of carbonyl (C=O) groups excluding carboxylic acids is 1. The zero-order chi connectivity index (χ0) is 25.8. The molecule has 4 nitrogen and oxygen atoms in total. The van der Waals surface area contributed by atoms with E-state index in [9.17, 15) is 4.79 Å². The molecular formula is C30H63ClN2O2. The normalized spacial score (nSPS) is 11.2. The molecule has 0 bridgehead atoms. The van der Waals surface area contributed by atoms with E-state index in [2.05, 4.69) is 40.1 Å². The summed E-state index contributed by atoms with van der Waals surface area (Å²) < 4.78 is 1.04. The number of quaternary nitrogens is 1. The van der Waals surface area contributed by atoms with E-state index in [1.54, 1.807) is 0 Å². The first-order valence-electron chi connectivity index (χ1n) is 14.8. The van der Waals surface area contributed by atoms with Crippen LogP contribution < -0.4 is 18.1 Å². The predicted molar refractivity (Wildman–Crippen MR) is 151 cm³/mol. The van der Waals surface area contributed by atoms with Gasteiger partial charge in [-0.25, -0.2) is 0 Å². The number of unbranched alkanes of at least 4 members (excludes halogenated alkanes) is 15. The molecular weight excluding hydrogens is 456 g/mol. The molecule has 0 heterocycles. The van der Waals surface area contributed by atoms with Gasteiger partial charge in [0.2, 0.25) is 5.91 Å². The summed E-state index contributed by atoms with van der Waals surface area (Å²) in [5.41, 5.74) is 5.13. The van der Waals surface area contributed by atoms with Gasteiger partial charge in [0.15, 0.2) is 0 Å². The number of nitrogens with two attached hydrogens (primary N) is 1. The first-order valence-corrected chi connectivity index (χ1v) is 14.8. The molecule has 3 N–H and O–H groups in total. The molecule has 1 amide bonds. The fourth-order valence-electron chi connectivity index (χ4n) is 4.29. The second-order valence-electron chi connectivity index (χ2n) is 10.7. The van der Waals surface area contributed by atoms with Gasteiger partial charge in [0.05, 0.1) is 27.2 Å². The zero-order valence-electron chi connectivity index (χ0n) is 24.2. The highest BCUT2D eigenvalue weighted by atomic mass is 35.5. The van der Waals surface area contributed by atoms with Crippen molar-refractivity contribution in [2.45, 2.75) is 142 Å². The Kier molecular flexibility index (Phi) is 35.0. The molecule has 0 saturated carbocycles. The minimum atomic E-state index is -0.156. The molecule has 0 aromatic carbocycles. The van der Waals surface area contributed by atoms with Gasteiger partial charge in [0.25, 0.3) is 0 Å². The lowest BCUT2D eigenvalue weighted by Crippen LogP contribution is -3.00. The maximum Gasteiger partial charge on any atom is 0.217 e. The summed E-state index contributed by atoms with van der Waals surface area (Å²) in [6, 6.07) is 0. The van der Waals surface area contributed by atoms with E-state index in [4.69, 9.17) is 10.8 Å². The van der Waals surface area contributed by atoms with Crippen molar-refractivity contribution in [1.29, 1.82) is 0 Å². The molecule has 0 radical (unpaired) electrons. The number of allylic oxidation sites excluding steroid dienone is 2. The lowest BCUT2D eigenvalue weighted by Gasteiger charge is -2.28. The summed E-state index contributed by atoms with van der Waals surface area (Å²) in [6.45, 7) is 7.09. The fourth-order valence-corrected chi connectivity index (χ4v) is 4.29. The smallest absolute Gasteiger partial charge is 0.217 e. The van der Waals surface area contributed by atoms with Crippen LogP contribution in [0.25, 0.3) is 0 Å². The Morgan fingerprint density at radius 1 is 0.657 bits per heavy atom. The number of aliphatic hydroxyl groups excluding tert-OH is 1. The number of primary amides is 1. The fraction of sp³-hybridized carbons (Fsp3) is 0.900. The van der Waals surface area contributed by atoms with E-state index < -0.39 is 0 Å². The van der Waals surface area contributed by atoms with Crippen LogP contribution >= 0.6 is 0 Å². The van der Waals surface area contributed by atoms with Crippen molar-refractivity contribution in [2.24, 2.45) is 5.73 Å². The highest BCUT2D eigenvalue weighted by Gasteiger charge is 2.11. The highest BCUT2D eigenvalue weighted by molar-refractivity contribution is 5.73. The number of hydrogen-bond donors (Lipinski definition) is 2. The van der Waals surface area contributed by atoms with Gasteiger partial charge in [-0.3, -0.25) is 4.79 Å². The second kappa shape index (κ2) is 31.4. The molecule has 35 heavy (non-hydrogen) atoms. The molecule has 0 atom stereocenters. The third-order valence-electron chi connectivity index (χ3n) is 6.44. The molecule has 0 aliphatic carbocycles. The van der Waals surface area contributed by atoms with Crippen molar-refractivity contribution in [2.75, 3.05) is 33.8 Å². The zero-order valence-corrected chi connectivity index (χ0v) is 24.9. The van der Waals surface area contributed by atoms with Gasteiger partial charge in [0, 0.05) is 19.4 Å². The van der Waals surface area contributed by atoms with Crippen LogP contribution in [0.1, 0.15) is 142 Å². The van der Waals surface area contributed by atoms with Crippen LogP contribution in [0.2, 0.25) is 0 Å². The number of rotatable bonds is 24. The van der Waals surface area contributed by atoms with Gasteiger partial charge >= 0.3 is 0 Å². The van der Waals surface area contributed by atoms with E-state index in [1.165, 1.54) is 109 Å². The minimum absolute atomic E-state index is 0. The van der Waals surface area contributed by atoms with Crippen LogP contribution in [0.5, 0.6) is 0 Å². The summed E-state index contributed by atoms with van der Waals surface area (Å²) in [7, 11) is 4.42. The highest BCUT2D eigenvalue weighted by Crippen LogP contribution is 2.12. The van der Waals surface area contributed by atoms with Crippen molar-refractivity contribution in [1.82, 2.24) is 0 Å². The topological polar surface area (TPSA) is 63.3 Å². The van der Waals surface area contributed by atoms with E-state index in [0.717, 1.165) is 30.3 Å². The Balaban J connectivity index is -0.000000784. The molecule has 5 heteroatoms. The summed E-state index contributed by atoms with van der Waals surface area (Å²) in [6.07, 6.45) is 30.0. The van der Waals surface area contributed by atoms with Crippen molar-refractivity contribution in [3.63, 3.8) is 0 Å². The number of amides is 1. The van der Waals surface area contributed by atoms with Crippen LogP contribution in [-0.2, 0) is 4.79 Å². The van der Waals surface area contributed by atoms with Crippen LogP contribution in [0.4, 0.5) is 0 Å². The number of halogens is 1. The van der Waals surface area contributed by atoms with Gasteiger partial charge in [0.1, 0.15) is 0 Å². The number of aliphatic hydroxyl groups is 1. The molecule has 212 valence electrons. The molecule has 0 spiro atoms. The first kappa shape index (κ1) is 38.9. The number of hydrogen-bond acceptors (Lipinski definition) is 2. The Bertz CT molecular complexity index is 442. The Labute approximate surface area is 226 Å². The maximum atomic E-state index is 10.6. The van der Waals surface area contributed by atoms with Crippen molar-refractivity contribution in [3.05, 3.63) is 12.2 Å². The maximum absolute atomic E-state index is 10.6. The van der Waals surface area contributed by atoms with Crippen LogP contribution in [-0.4, -0.2) is 49.3 Å². The summed E-state index contributed by atoms with van der Waals surface area (Å²) >= 11 is 0. The van der Waals surface area contributed by atoms with Crippen molar-refractivity contribution >= 4 is 5.91 Å². The number of carbonyl (C=O) groups is 1. The van der Waals surface area contributed by atoms with Gasteiger partial charge in [-0.1, -0.05) is 103 Å². The molecule has 0 rings (SSSR count). The standard InChI is InChI=1S/C22H43NO.C8H20NO.ClH/c1-2-3-4-5-6-7-8-9-10-11-12-13-14-15-16-17-18-19-20-21-22(23)24;1-4-6-9(2,3)7-5-8-10;/h9-10H,2-8,11-21H2,1H3,(H2,23,24);10H,4-8H2,1-3H3;1H/q;+1;/p-1/b10-9-;;. The SMILES string of the molecule is CCCCCCCC/C=C\CCCCCCCCCCCC(N)=O.CCC[N+](C)(C)CCCO.[Cl-]. The van der Waals surface area contributed by atoms with Crippen molar-refractivity contribution in [3.8, 4) is 0 Å². The van der Waals surface area contributed by atoms with E-state index in [0.29, 0.717) is 13.0 Å². The van der Waals surface area contributed by atoms with E-state index in [-0.39, 0.29) is 18.3 Å². The van der Waals surface area contributed by atoms with E-state index >= 15 is 0 Å². The van der Waals surface area contributed by atoms with Crippen molar-refractivity contribution < 1.29 is 26.8 Å². The average Bonchev–Trinajstić information content (AvgIpc) is 2.79. The monoisotopic (exact) mass is 518 g/mol. The molecule has 0 saturated heterocycles. The lowest BCUT2D eigenvalue weighted by atomic mass is 10.1. The second-order valence-corrected chi connectivity index (χ2v) is 10.7. The quantitative estimate of drug-likeness (QED) is 0.108. The van der Waals surface area contributed by atoms with Crippen LogP contribution in [0.3, 0.4) is 0 Å². The predicted octanol–water partition coefficient (Wildman–Crippen LogP) is 4.93. The molecule has 0 unspecified atom stereocenters. The average molecular weight is 519 g/mol. The number of nitrogens with zero attached hydrogens (tertiary/aromatic N) is 1. The third kappa shape index (κ3) is 38.1. The molecule has 0 aliphatic rings. The third-order valence-corrected chi connectivity index (χ3v) is 6.44. The minimum Gasteiger partial charge on any atom is -1.00 e. The molecule has 0 aromatic heterocycles. The van der Waals surface area contributed by atoms with Crippen LogP contribution in [0.15, 0.2) is 12.2 Å². The Hall–Kier alpha value is -0.580. The Morgan fingerprint density at radius 3 is 1.49 bits per heavy atom. The summed E-state index contributed by atoms with van der Waals surface area (Å²) in [5, 5.41) is 8.59. The van der Waals surface area contributed by atoms with Gasteiger partial charge in [-0.05, 0) is 38.5 Å². The van der Waals surface area contributed by atoms with Gasteiger partial charge in [-0.2, -0.15) is 0 Å². The largest absolute Gasteiger partial charge is 1.00 e. The first-order chi connectivity index (χ1) is 16.4. The van der Waals surface area contributed by atoms with Crippen LogP contribution in [0, 0.1) is 0 Å². The van der Waals surface area contributed by atoms with Gasteiger partial charge in [-0.15, -0.1) is 0 Å². The summed E-state index contributed by atoms with van der Waals surface area (Å²) in [5.74, 6) is -0.156. The van der Waals surface area contributed by atoms with Gasteiger partial charge < -0.3 is 27.7 Å². The summed E-state index contributed by atoms with van der Waals surface area (Å²) in [4.78, 5) is 10.6. The molecule has 0 aliphatic heterocycles. The Morgan fingerprint density at radius 2 is 1.09 bits per heavy atom.